The molecule has 0 atom stereocenters. The van der Waals surface area contributed by atoms with Crippen molar-refractivity contribution in [2.75, 3.05) is 18.5 Å². The van der Waals surface area contributed by atoms with E-state index in [1.165, 1.54) is 0 Å². The van der Waals surface area contributed by atoms with Crippen LogP contribution in [-0.2, 0) is 11.2 Å². The van der Waals surface area contributed by atoms with Gasteiger partial charge >= 0.3 is 0 Å². The molecule has 0 radical (unpaired) electrons. The molecule has 1 aromatic carbocycles. The minimum atomic E-state index is -0.373. The van der Waals surface area contributed by atoms with Gasteiger partial charge in [0.2, 0.25) is 0 Å². The fourth-order valence-electron chi connectivity index (χ4n) is 3.38. The first-order chi connectivity index (χ1) is 15.9. The zero-order chi connectivity index (χ0) is 23.4. The molecule has 170 valence electrons. The second-order valence-electron chi connectivity index (χ2n) is 7.64. The number of rotatable bonds is 8. The highest BCUT2D eigenvalue weighted by atomic mass is 16.5. The van der Waals surface area contributed by atoms with Gasteiger partial charge in [-0.25, -0.2) is 14.6 Å². The lowest BCUT2D eigenvalue weighted by Crippen LogP contribution is -2.21. The largest absolute Gasteiger partial charge is 0.484 e. The van der Waals surface area contributed by atoms with Crippen LogP contribution < -0.4 is 10.1 Å². The molecule has 2 N–H and O–H groups in total. The molecule has 0 spiro atoms. The van der Waals surface area contributed by atoms with E-state index in [1.807, 2.05) is 45.0 Å². The summed E-state index contributed by atoms with van der Waals surface area (Å²) < 4.78 is 13.0. The standard InChI is InChI=1S/C24H25N5O4/c1-15-11-16(2)29(28-15)22-13-21(26-24(27-22)20-8-7-17(3)33-20)25-23(31)14-32-19-6-4-5-18(12-19)9-10-30/h4-8,11-13,30H,9-10,14H2,1-3H3,(H,25,26,27,31). The van der Waals surface area contributed by atoms with Crippen LogP contribution in [0.4, 0.5) is 5.82 Å². The normalized spacial score (nSPS) is 10.9. The number of hydrogen-bond acceptors (Lipinski definition) is 7. The van der Waals surface area contributed by atoms with E-state index < -0.39 is 0 Å². The Morgan fingerprint density at radius 3 is 2.67 bits per heavy atom. The molecule has 0 saturated heterocycles. The topological polar surface area (TPSA) is 115 Å². The minimum Gasteiger partial charge on any atom is -0.484 e. The number of anilines is 1. The summed E-state index contributed by atoms with van der Waals surface area (Å²) in [5.74, 6) is 2.54. The van der Waals surface area contributed by atoms with Crippen LogP contribution in [0.2, 0.25) is 0 Å². The van der Waals surface area contributed by atoms with Gasteiger partial charge in [-0.3, -0.25) is 4.79 Å². The number of nitrogens with zero attached hydrogens (tertiary/aromatic N) is 4. The van der Waals surface area contributed by atoms with E-state index in [1.54, 1.807) is 28.9 Å². The Balaban J connectivity index is 1.56. The molecule has 4 aromatic rings. The summed E-state index contributed by atoms with van der Waals surface area (Å²) >= 11 is 0. The Labute approximate surface area is 191 Å². The lowest BCUT2D eigenvalue weighted by molar-refractivity contribution is -0.118. The number of aryl methyl sites for hydroxylation is 3. The average Bonchev–Trinajstić information content (AvgIpc) is 3.37. The van der Waals surface area contributed by atoms with Gasteiger partial charge in [-0.05, 0) is 63.1 Å². The smallest absolute Gasteiger partial charge is 0.263 e. The Bertz CT molecular complexity index is 1280. The molecule has 0 fully saturated rings. The number of furan rings is 1. The molecular formula is C24H25N5O4. The predicted molar refractivity (Wildman–Crippen MR) is 122 cm³/mol. The number of carbonyl (C=O) groups is 1. The lowest BCUT2D eigenvalue weighted by Gasteiger charge is -2.11. The summed E-state index contributed by atoms with van der Waals surface area (Å²) in [5.41, 5.74) is 2.68. The monoisotopic (exact) mass is 447 g/mol. The maximum Gasteiger partial charge on any atom is 0.263 e. The van der Waals surface area contributed by atoms with Crippen molar-refractivity contribution in [3.63, 3.8) is 0 Å². The summed E-state index contributed by atoms with van der Waals surface area (Å²) in [6, 6.07) is 14.5. The number of benzene rings is 1. The van der Waals surface area contributed by atoms with Crippen LogP contribution in [0.15, 0.2) is 52.9 Å². The zero-order valence-corrected chi connectivity index (χ0v) is 18.7. The van der Waals surface area contributed by atoms with Gasteiger partial charge in [0.15, 0.2) is 24.0 Å². The first-order valence-corrected chi connectivity index (χ1v) is 10.5. The van der Waals surface area contributed by atoms with Gasteiger partial charge in [0, 0.05) is 18.4 Å². The van der Waals surface area contributed by atoms with Gasteiger partial charge in [0.05, 0.1) is 5.69 Å². The number of aliphatic hydroxyl groups excluding tert-OH is 1. The maximum atomic E-state index is 12.6. The molecule has 9 nitrogen and oxygen atoms in total. The third kappa shape index (κ3) is 5.45. The molecule has 0 aliphatic rings. The summed E-state index contributed by atoms with van der Waals surface area (Å²) in [4.78, 5) is 21.6. The van der Waals surface area contributed by atoms with Crippen molar-refractivity contribution >= 4 is 11.7 Å². The maximum absolute atomic E-state index is 12.6. The SMILES string of the molecule is Cc1cc(C)n(-c2cc(NC(=O)COc3cccc(CCO)c3)nc(-c3ccc(C)o3)n2)n1. The predicted octanol–water partition coefficient (Wildman–Crippen LogP) is 3.40. The highest BCUT2D eigenvalue weighted by Gasteiger charge is 2.15. The van der Waals surface area contributed by atoms with Crippen molar-refractivity contribution in [2.24, 2.45) is 0 Å². The number of aliphatic hydroxyl groups is 1. The Morgan fingerprint density at radius 1 is 1.12 bits per heavy atom. The molecule has 9 heteroatoms. The van der Waals surface area contributed by atoms with Gasteiger partial charge in [-0.1, -0.05) is 12.1 Å². The third-order valence-electron chi connectivity index (χ3n) is 4.84. The van der Waals surface area contributed by atoms with Gasteiger partial charge < -0.3 is 19.6 Å². The van der Waals surface area contributed by atoms with Gasteiger partial charge in [-0.2, -0.15) is 5.10 Å². The Hall–Kier alpha value is -3.98. The summed E-state index contributed by atoms with van der Waals surface area (Å²) in [6.07, 6.45) is 0.522. The number of nitrogens with one attached hydrogen (secondary N) is 1. The average molecular weight is 447 g/mol. The molecule has 0 aliphatic carbocycles. The quantitative estimate of drug-likeness (QED) is 0.425. The van der Waals surface area contributed by atoms with Crippen LogP contribution in [0.5, 0.6) is 5.75 Å². The van der Waals surface area contributed by atoms with Crippen molar-refractivity contribution in [1.82, 2.24) is 19.7 Å². The van der Waals surface area contributed by atoms with E-state index >= 15 is 0 Å². The minimum absolute atomic E-state index is 0.0484. The molecular weight excluding hydrogens is 422 g/mol. The molecule has 0 unspecified atom stereocenters. The zero-order valence-electron chi connectivity index (χ0n) is 18.7. The van der Waals surface area contributed by atoms with Crippen LogP contribution in [0.25, 0.3) is 17.4 Å². The molecule has 3 aromatic heterocycles. The number of amides is 1. The van der Waals surface area contributed by atoms with E-state index in [-0.39, 0.29) is 19.1 Å². The van der Waals surface area contributed by atoms with Crippen molar-refractivity contribution in [2.45, 2.75) is 27.2 Å². The molecule has 0 saturated carbocycles. The molecule has 4 rings (SSSR count). The molecule has 3 heterocycles. The molecule has 33 heavy (non-hydrogen) atoms. The van der Waals surface area contributed by atoms with E-state index in [4.69, 9.17) is 14.3 Å². The fourth-order valence-corrected chi connectivity index (χ4v) is 3.38. The van der Waals surface area contributed by atoms with Crippen LogP contribution in [0, 0.1) is 20.8 Å². The fraction of sp³-hybridized carbons (Fsp3) is 0.250. The van der Waals surface area contributed by atoms with Crippen LogP contribution in [-0.4, -0.2) is 44.0 Å². The lowest BCUT2D eigenvalue weighted by atomic mass is 10.1. The van der Waals surface area contributed by atoms with E-state index in [2.05, 4.69) is 20.4 Å². The second kappa shape index (κ2) is 9.66. The summed E-state index contributed by atoms with van der Waals surface area (Å²) in [5, 5.41) is 16.3. The van der Waals surface area contributed by atoms with Crippen LogP contribution in [0.3, 0.4) is 0 Å². The summed E-state index contributed by atoms with van der Waals surface area (Å²) in [6.45, 7) is 5.51. The highest BCUT2D eigenvalue weighted by molar-refractivity contribution is 5.91. The first-order valence-electron chi connectivity index (χ1n) is 10.5. The van der Waals surface area contributed by atoms with E-state index in [0.717, 1.165) is 22.7 Å². The van der Waals surface area contributed by atoms with Crippen molar-refractivity contribution < 1.29 is 19.1 Å². The Kier molecular flexibility index (Phi) is 6.50. The van der Waals surface area contributed by atoms with Crippen LogP contribution in [0.1, 0.15) is 22.7 Å². The number of ether oxygens (including phenoxy) is 1. The van der Waals surface area contributed by atoms with Crippen molar-refractivity contribution in [1.29, 1.82) is 0 Å². The van der Waals surface area contributed by atoms with Crippen molar-refractivity contribution in [3.05, 3.63) is 71.2 Å². The van der Waals surface area contributed by atoms with Gasteiger partial charge in [0.25, 0.3) is 5.91 Å². The molecule has 0 aliphatic heterocycles. The second-order valence-corrected chi connectivity index (χ2v) is 7.64. The van der Waals surface area contributed by atoms with E-state index in [0.29, 0.717) is 35.4 Å². The highest BCUT2D eigenvalue weighted by Crippen LogP contribution is 2.23. The Morgan fingerprint density at radius 2 is 1.97 bits per heavy atom. The number of hydrogen-bond donors (Lipinski definition) is 2. The summed E-state index contributed by atoms with van der Waals surface area (Å²) in [7, 11) is 0. The first kappa shape index (κ1) is 22.2. The third-order valence-corrected chi connectivity index (χ3v) is 4.84. The number of aromatic nitrogens is 4. The molecule has 0 bridgehead atoms. The number of carbonyl (C=O) groups excluding carboxylic acids is 1. The molecule has 1 amide bonds. The van der Waals surface area contributed by atoms with Crippen molar-refractivity contribution in [3.8, 4) is 23.2 Å². The van der Waals surface area contributed by atoms with Gasteiger partial charge in [-0.15, -0.1) is 0 Å². The van der Waals surface area contributed by atoms with Gasteiger partial charge in [0.1, 0.15) is 17.3 Å². The van der Waals surface area contributed by atoms with E-state index in [9.17, 15) is 4.79 Å². The van der Waals surface area contributed by atoms with Crippen LogP contribution >= 0.6 is 0 Å².